The molecule has 1 unspecified atom stereocenters. The van der Waals surface area contributed by atoms with Crippen molar-refractivity contribution in [2.45, 2.75) is 12.5 Å². The van der Waals surface area contributed by atoms with Crippen LogP contribution >= 0.6 is 15.9 Å². The van der Waals surface area contributed by atoms with Crippen molar-refractivity contribution in [3.05, 3.63) is 0 Å². The number of carbonyl (C=O) groups excluding carboxylic acids is 1. The van der Waals surface area contributed by atoms with Crippen LogP contribution in [0.25, 0.3) is 0 Å². The lowest BCUT2D eigenvalue weighted by atomic mass is 10.2. The van der Waals surface area contributed by atoms with Gasteiger partial charge in [0.1, 0.15) is 0 Å². The van der Waals surface area contributed by atoms with Crippen molar-refractivity contribution in [3.63, 3.8) is 0 Å². The molecule has 0 amide bonds. The molecule has 0 saturated carbocycles. The summed E-state index contributed by atoms with van der Waals surface area (Å²) in [4.78, 5) is 11.0. The molecule has 0 spiro atoms. The Morgan fingerprint density at radius 1 is 1.90 bits per heavy atom. The molecule has 0 N–H and O–H groups in total. The third-order valence-corrected chi connectivity index (χ3v) is 2.26. The van der Waals surface area contributed by atoms with Crippen LogP contribution in [0.2, 0.25) is 0 Å². The monoisotopic (exact) mass is 208 g/mol. The lowest BCUT2D eigenvalue weighted by Gasteiger charge is -2.05. The minimum absolute atomic E-state index is 0.258. The molecule has 58 valence electrons. The van der Waals surface area contributed by atoms with Gasteiger partial charge in [-0.2, -0.15) is 0 Å². The fraction of sp³-hybridized carbons (Fsp3) is 0.833. The summed E-state index contributed by atoms with van der Waals surface area (Å²) in [6.45, 7) is 2.68. The molecule has 0 aromatic heterocycles. The van der Waals surface area contributed by atoms with E-state index >= 15 is 0 Å². The van der Waals surface area contributed by atoms with Crippen LogP contribution in [0.5, 0.6) is 0 Å². The fourth-order valence-electron chi connectivity index (χ4n) is 0.599. The number of epoxide rings is 1. The lowest BCUT2D eigenvalue weighted by Crippen LogP contribution is -2.28. The zero-order chi connectivity index (χ0) is 7.61. The van der Waals surface area contributed by atoms with Gasteiger partial charge in [0.05, 0.1) is 13.2 Å². The van der Waals surface area contributed by atoms with Crippen molar-refractivity contribution in [2.24, 2.45) is 0 Å². The van der Waals surface area contributed by atoms with Crippen molar-refractivity contribution in [2.75, 3.05) is 18.5 Å². The van der Waals surface area contributed by atoms with Gasteiger partial charge in [0.2, 0.25) is 0 Å². The van der Waals surface area contributed by atoms with Crippen molar-refractivity contribution < 1.29 is 14.3 Å². The highest BCUT2D eigenvalue weighted by molar-refractivity contribution is 9.09. The predicted octanol–water partition coefficient (Wildman–Crippen LogP) is 0.713. The summed E-state index contributed by atoms with van der Waals surface area (Å²) in [5.74, 6) is -0.258. The zero-order valence-corrected chi connectivity index (χ0v) is 7.31. The second-order valence-electron chi connectivity index (χ2n) is 2.14. The smallest absolute Gasteiger partial charge is 0.341 e. The maximum atomic E-state index is 11.0. The molecular weight excluding hydrogens is 200 g/mol. The molecule has 0 aliphatic carbocycles. The van der Waals surface area contributed by atoms with Gasteiger partial charge in [-0.05, 0) is 6.92 Å². The molecule has 0 bridgehead atoms. The summed E-state index contributed by atoms with van der Waals surface area (Å²) in [5.41, 5.74) is -0.643. The summed E-state index contributed by atoms with van der Waals surface area (Å²) < 4.78 is 9.70. The number of esters is 1. The molecule has 1 rings (SSSR count). The van der Waals surface area contributed by atoms with Gasteiger partial charge in [-0.3, -0.25) is 0 Å². The standard InChI is InChI=1S/C6H9BrO3/c1-2-9-5(8)6(3-7)4-10-6/h2-4H2,1H3. The van der Waals surface area contributed by atoms with Crippen LogP contribution in [0.4, 0.5) is 0 Å². The average Bonchev–Trinajstić information content (AvgIpc) is 2.68. The summed E-state index contributed by atoms with van der Waals surface area (Å²) in [6.07, 6.45) is 0. The van der Waals surface area contributed by atoms with Gasteiger partial charge in [-0.15, -0.1) is 0 Å². The van der Waals surface area contributed by atoms with Crippen LogP contribution in [0, 0.1) is 0 Å². The Balaban J connectivity index is 2.40. The summed E-state index contributed by atoms with van der Waals surface area (Å²) >= 11 is 3.18. The van der Waals surface area contributed by atoms with E-state index in [1.54, 1.807) is 6.92 Å². The highest BCUT2D eigenvalue weighted by atomic mass is 79.9. The van der Waals surface area contributed by atoms with Gasteiger partial charge in [0.25, 0.3) is 0 Å². The number of carbonyl (C=O) groups is 1. The van der Waals surface area contributed by atoms with Crippen molar-refractivity contribution in [1.82, 2.24) is 0 Å². The van der Waals surface area contributed by atoms with Gasteiger partial charge in [0.15, 0.2) is 5.60 Å². The average molecular weight is 209 g/mol. The third kappa shape index (κ3) is 1.32. The van der Waals surface area contributed by atoms with Gasteiger partial charge in [-0.1, -0.05) is 15.9 Å². The van der Waals surface area contributed by atoms with Crippen LogP contribution in [-0.4, -0.2) is 30.1 Å². The molecule has 1 aliphatic heterocycles. The van der Waals surface area contributed by atoms with Crippen molar-refractivity contribution in [1.29, 1.82) is 0 Å². The molecule has 1 aliphatic rings. The Bertz CT molecular complexity index is 142. The molecule has 4 heteroatoms. The Labute approximate surface area is 67.8 Å². The first-order valence-corrected chi connectivity index (χ1v) is 4.24. The van der Waals surface area contributed by atoms with Crippen LogP contribution in [0.3, 0.4) is 0 Å². The second kappa shape index (κ2) is 2.88. The van der Waals surface area contributed by atoms with E-state index in [1.807, 2.05) is 0 Å². The molecule has 1 heterocycles. The Hall–Kier alpha value is -0.0900. The molecule has 1 saturated heterocycles. The van der Waals surface area contributed by atoms with Crippen LogP contribution < -0.4 is 0 Å². The zero-order valence-electron chi connectivity index (χ0n) is 5.72. The summed E-state index contributed by atoms with van der Waals surface area (Å²) in [6, 6.07) is 0. The largest absolute Gasteiger partial charge is 0.464 e. The number of rotatable bonds is 3. The molecule has 10 heavy (non-hydrogen) atoms. The molecule has 0 aromatic carbocycles. The molecule has 1 fully saturated rings. The van der Waals surface area contributed by atoms with Gasteiger partial charge >= 0.3 is 5.97 Å². The van der Waals surface area contributed by atoms with Gasteiger partial charge in [-0.25, -0.2) is 4.79 Å². The van der Waals surface area contributed by atoms with E-state index in [4.69, 9.17) is 9.47 Å². The van der Waals surface area contributed by atoms with Gasteiger partial charge in [0, 0.05) is 5.33 Å². The second-order valence-corrected chi connectivity index (χ2v) is 2.70. The van der Waals surface area contributed by atoms with E-state index in [0.29, 0.717) is 18.5 Å². The lowest BCUT2D eigenvalue weighted by molar-refractivity contribution is -0.148. The quantitative estimate of drug-likeness (QED) is 0.390. The Kier molecular flexibility index (Phi) is 2.31. The van der Waals surface area contributed by atoms with Crippen LogP contribution in [0.1, 0.15) is 6.92 Å². The Morgan fingerprint density at radius 2 is 2.50 bits per heavy atom. The van der Waals surface area contributed by atoms with E-state index in [1.165, 1.54) is 0 Å². The van der Waals surface area contributed by atoms with Crippen LogP contribution in [0.15, 0.2) is 0 Å². The topological polar surface area (TPSA) is 38.8 Å². The molecular formula is C6H9BrO3. The molecule has 0 radical (unpaired) electrons. The minimum Gasteiger partial charge on any atom is -0.464 e. The number of ether oxygens (including phenoxy) is 2. The molecule has 0 aromatic rings. The van der Waals surface area contributed by atoms with E-state index in [0.717, 1.165) is 0 Å². The highest BCUT2D eigenvalue weighted by Crippen LogP contribution is 2.30. The van der Waals surface area contributed by atoms with Crippen LogP contribution in [-0.2, 0) is 14.3 Å². The predicted molar refractivity (Wildman–Crippen MR) is 39.1 cm³/mol. The number of hydrogen-bond donors (Lipinski definition) is 0. The highest BCUT2D eigenvalue weighted by Gasteiger charge is 2.52. The number of alkyl halides is 1. The van der Waals surface area contributed by atoms with E-state index in [2.05, 4.69) is 15.9 Å². The Morgan fingerprint density at radius 3 is 2.80 bits per heavy atom. The van der Waals surface area contributed by atoms with E-state index < -0.39 is 5.60 Å². The normalized spacial score (nSPS) is 29.8. The summed E-state index contributed by atoms with van der Waals surface area (Å²) in [5, 5.41) is 0.527. The van der Waals surface area contributed by atoms with Crippen molar-refractivity contribution >= 4 is 21.9 Å². The first kappa shape index (κ1) is 8.01. The maximum Gasteiger partial charge on any atom is 0.341 e. The SMILES string of the molecule is CCOC(=O)C1(CBr)CO1. The van der Waals surface area contributed by atoms with E-state index in [-0.39, 0.29) is 5.97 Å². The minimum atomic E-state index is -0.643. The number of halogens is 1. The molecule has 1 atom stereocenters. The van der Waals surface area contributed by atoms with Crippen molar-refractivity contribution in [3.8, 4) is 0 Å². The summed E-state index contributed by atoms with van der Waals surface area (Å²) in [7, 11) is 0. The first-order chi connectivity index (χ1) is 4.75. The van der Waals surface area contributed by atoms with Gasteiger partial charge < -0.3 is 9.47 Å². The fourth-order valence-corrected chi connectivity index (χ4v) is 1.15. The third-order valence-electron chi connectivity index (χ3n) is 1.36. The number of hydrogen-bond acceptors (Lipinski definition) is 3. The first-order valence-electron chi connectivity index (χ1n) is 3.12. The molecule has 3 nitrogen and oxygen atoms in total. The maximum absolute atomic E-state index is 11.0. The van der Waals surface area contributed by atoms with E-state index in [9.17, 15) is 4.79 Å².